The van der Waals surface area contributed by atoms with Crippen molar-refractivity contribution in [2.24, 2.45) is 0 Å². The summed E-state index contributed by atoms with van der Waals surface area (Å²) < 4.78 is 50.7. The number of halogens is 7. The molecule has 7 aromatic rings. The first-order valence-corrected chi connectivity index (χ1v) is 18.4. The number of fused-ring (bicyclic) bond motifs is 2. The van der Waals surface area contributed by atoms with Gasteiger partial charge in [-0.25, -0.2) is 28.7 Å². The number of hydrogen-bond donors (Lipinski definition) is 1. The molecule has 0 aliphatic heterocycles. The van der Waals surface area contributed by atoms with Gasteiger partial charge in [0, 0.05) is 52.5 Å². The van der Waals surface area contributed by atoms with Crippen LogP contribution in [0.15, 0.2) is 67.0 Å². The predicted molar refractivity (Wildman–Crippen MR) is 222 cm³/mol. The van der Waals surface area contributed by atoms with E-state index in [9.17, 15) is 14.5 Å². The number of nitro benzene ring substituents is 1. The van der Waals surface area contributed by atoms with Crippen LogP contribution in [-0.2, 0) is 0 Å². The summed E-state index contributed by atoms with van der Waals surface area (Å²) in [6.07, 6.45) is 2.83. The van der Waals surface area contributed by atoms with E-state index < -0.39 is 16.6 Å². The van der Waals surface area contributed by atoms with Gasteiger partial charge in [-0.2, -0.15) is 0 Å². The lowest BCUT2D eigenvalue weighted by molar-refractivity contribution is -0.384. The number of nitro groups is 1. The maximum absolute atomic E-state index is 15.2. The van der Waals surface area contributed by atoms with Crippen LogP contribution in [0.25, 0.3) is 44.1 Å². The van der Waals surface area contributed by atoms with Crippen molar-refractivity contribution in [1.29, 1.82) is 0 Å². The van der Waals surface area contributed by atoms with Gasteiger partial charge in [0.05, 0.1) is 53.5 Å². The van der Waals surface area contributed by atoms with E-state index >= 15 is 4.39 Å². The molecule has 298 valence electrons. The number of anilines is 2. The van der Waals surface area contributed by atoms with Crippen LogP contribution in [0.3, 0.4) is 0 Å². The SMILES string of the molecule is COc1cc(OC)c(Cl)c(-c2cc(F)c3nc(Cl)ncc3c2)c1Cl.COc1cc(OC)c(Cl)c(-c2cc(F)c3nc(Nc4c(C)cccc4[N+](=O)[O-])ncc3c2)c1Cl. The van der Waals surface area contributed by atoms with Gasteiger partial charge >= 0.3 is 0 Å². The van der Waals surface area contributed by atoms with Gasteiger partial charge < -0.3 is 24.3 Å². The summed E-state index contributed by atoms with van der Waals surface area (Å²) in [5.41, 5.74) is 2.37. The molecule has 0 saturated heterocycles. The molecule has 0 unspecified atom stereocenters. The first kappa shape index (κ1) is 42.1. The van der Waals surface area contributed by atoms with E-state index in [1.807, 2.05) is 0 Å². The zero-order valence-electron chi connectivity index (χ0n) is 30.7. The molecular formula is C39H27Cl5F2N6O6. The highest BCUT2D eigenvalue weighted by Crippen LogP contribution is 2.48. The third kappa shape index (κ3) is 8.24. The average molecular weight is 891 g/mol. The second-order valence-electron chi connectivity index (χ2n) is 12.0. The zero-order chi connectivity index (χ0) is 42.0. The molecule has 0 bridgehead atoms. The summed E-state index contributed by atoms with van der Waals surface area (Å²) in [4.78, 5) is 27.0. The van der Waals surface area contributed by atoms with Crippen molar-refractivity contribution in [2.75, 3.05) is 33.8 Å². The topological polar surface area (TPSA) is 144 Å². The lowest BCUT2D eigenvalue weighted by Crippen LogP contribution is -2.03. The van der Waals surface area contributed by atoms with Crippen molar-refractivity contribution in [1.82, 2.24) is 19.9 Å². The first-order valence-electron chi connectivity index (χ1n) is 16.5. The smallest absolute Gasteiger partial charge is 0.293 e. The Bertz CT molecular complexity index is 2710. The molecule has 7 rings (SSSR count). The molecule has 0 aliphatic carbocycles. The summed E-state index contributed by atoms with van der Waals surface area (Å²) in [5, 5.41) is 15.9. The molecule has 0 spiro atoms. The van der Waals surface area contributed by atoms with Crippen LogP contribution in [0, 0.1) is 28.7 Å². The highest BCUT2D eigenvalue weighted by Gasteiger charge is 2.23. The summed E-state index contributed by atoms with van der Waals surface area (Å²) >= 11 is 31.4. The molecule has 5 aromatic carbocycles. The third-order valence-electron chi connectivity index (χ3n) is 8.65. The number of aryl methyl sites for hydroxylation is 1. The standard InChI is InChI=1S/C23H17Cl2FN4O4.C16H10Cl3FN2O2/c1-11-5-4-6-15(30(31)32)21(11)28-23-27-10-13-7-12(8-14(26)22(13)29-23)18-19(24)16(33-2)9-17(34-3)20(18)25;1-23-10-5-11(24-2)14(18)12(13(10)17)7-3-8-6-21-16(19)22-15(8)9(20)4-7/h4-10H,1-3H3,(H,27,28,29);3-6H,1-2H3. The Labute approximate surface area is 353 Å². The highest BCUT2D eigenvalue weighted by atomic mass is 35.5. The van der Waals surface area contributed by atoms with Gasteiger partial charge in [-0.15, -0.1) is 0 Å². The van der Waals surface area contributed by atoms with Crippen LogP contribution in [-0.4, -0.2) is 53.3 Å². The fraction of sp³-hybridized carbons (Fsp3) is 0.128. The van der Waals surface area contributed by atoms with Crippen molar-refractivity contribution < 1.29 is 32.7 Å². The predicted octanol–water partition coefficient (Wildman–Crippen LogP) is 12.1. The summed E-state index contributed by atoms with van der Waals surface area (Å²) in [7, 11) is 5.82. The summed E-state index contributed by atoms with van der Waals surface area (Å²) in [5.74, 6) is 0.132. The first-order chi connectivity index (χ1) is 27.7. The zero-order valence-corrected chi connectivity index (χ0v) is 34.5. The van der Waals surface area contributed by atoms with Crippen LogP contribution in [0.2, 0.25) is 25.4 Å². The molecule has 2 heterocycles. The summed E-state index contributed by atoms with van der Waals surface area (Å²) in [6.45, 7) is 1.71. The Morgan fingerprint density at radius 3 is 1.55 bits per heavy atom. The van der Waals surface area contributed by atoms with E-state index in [1.54, 1.807) is 37.3 Å². The van der Waals surface area contributed by atoms with E-state index in [0.29, 0.717) is 61.6 Å². The van der Waals surface area contributed by atoms with Gasteiger partial charge in [0.2, 0.25) is 11.2 Å². The Kier molecular flexibility index (Phi) is 12.7. The van der Waals surface area contributed by atoms with E-state index in [4.69, 9.17) is 77.0 Å². The van der Waals surface area contributed by atoms with Crippen molar-refractivity contribution in [3.63, 3.8) is 0 Å². The molecule has 0 atom stereocenters. The van der Waals surface area contributed by atoms with Gasteiger partial charge in [0.25, 0.3) is 5.69 Å². The van der Waals surface area contributed by atoms with E-state index in [2.05, 4.69) is 25.3 Å². The number of nitrogens with zero attached hydrogens (tertiary/aromatic N) is 5. The average Bonchev–Trinajstić information content (AvgIpc) is 3.19. The van der Waals surface area contributed by atoms with Crippen molar-refractivity contribution in [2.45, 2.75) is 6.92 Å². The Hall–Kier alpha value is -5.51. The van der Waals surface area contributed by atoms with Crippen LogP contribution < -0.4 is 24.3 Å². The van der Waals surface area contributed by atoms with E-state index in [1.165, 1.54) is 65.1 Å². The quantitative estimate of drug-likeness (QED) is 0.0840. The highest BCUT2D eigenvalue weighted by molar-refractivity contribution is 6.42. The van der Waals surface area contributed by atoms with Crippen LogP contribution in [0.4, 0.5) is 26.1 Å². The van der Waals surface area contributed by atoms with Crippen molar-refractivity contribution in [3.05, 3.63) is 120 Å². The van der Waals surface area contributed by atoms with Gasteiger partial charge in [-0.1, -0.05) is 58.5 Å². The summed E-state index contributed by atoms with van der Waals surface area (Å²) in [6, 6.07) is 13.6. The lowest BCUT2D eigenvalue weighted by atomic mass is 10.0. The lowest BCUT2D eigenvalue weighted by Gasteiger charge is -2.15. The molecule has 0 amide bonds. The number of aromatic nitrogens is 4. The molecule has 19 heteroatoms. The van der Waals surface area contributed by atoms with Crippen LogP contribution in [0.5, 0.6) is 23.0 Å². The Balaban J connectivity index is 0.000000208. The van der Waals surface area contributed by atoms with Crippen molar-refractivity contribution >= 4 is 97.1 Å². The number of methoxy groups -OCH3 is 4. The molecule has 0 radical (unpaired) electrons. The van der Waals surface area contributed by atoms with E-state index in [0.717, 1.165) is 0 Å². The maximum atomic E-state index is 15.2. The van der Waals surface area contributed by atoms with Gasteiger partial charge in [-0.05, 0) is 59.5 Å². The monoisotopic (exact) mass is 888 g/mol. The number of rotatable bonds is 9. The number of nitrogens with one attached hydrogen (secondary N) is 1. The number of hydrogen-bond acceptors (Lipinski definition) is 11. The normalized spacial score (nSPS) is 10.9. The Morgan fingerprint density at radius 1 is 0.655 bits per heavy atom. The molecule has 0 saturated carbocycles. The maximum Gasteiger partial charge on any atom is 0.293 e. The molecule has 0 fully saturated rings. The van der Waals surface area contributed by atoms with Crippen LogP contribution >= 0.6 is 58.0 Å². The molecule has 12 nitrogen and oxygen atoms in total. The van der Waals surface area contributed by atoms with Crippen LogP contribution in [0.1, 0.15) is 5.56 Å². The van der Waals surface area contributed by atoms with Gasteiger partial charge in [-0.3, -0.25) is 10.1 Å². The molecule has 58 heavy (non-hydrogen) atoms. The minimum Gasteiger partial charge on any atom is -0.495 e. The van der Waals surface area contributed by atoms with Crippen molar-refractivity contribution in [3.8, 4) is 45.3 Å². The van der Waals surface area contributed by atoms with Gasteiger partial charge in [0.15, 0.2) is 0 Å². The second-order valence-corrected chi connectivity index (χ2v) is 13.9. The molecular weight excluding hydrogens is 864 g/mol. The molecule has 2 aromatic heterocycles. The second kappa shape index (κ2) is 17.5. The van der Waals surface area contributed by atoms with E-state index in [-0.39, 0.29) is 53.7 Å². The minimum absolute atomic E-state index is 0.00987. The third-order valence-corrected chi connectivity index (χ3v) is 10.3. The molecule has 0 aliphatic rings. The number of benzene rings is 5. The number of para-hydroxylation sites is 1. The number of ether oxygens (including phenoxy) is 4. The van der Waals surface area contributed by atoms with Gasteiger partial charge in [0.1, 0.15) is 51.4 Å². The molecule has 1 N–H and O–H groups in total. The minimum atomic E-state index is -0.661. The fourth-order valence-corrected chi connectivity index (χ4v) is 7.46. The largest absolute Gasteiger partial charge is 0.495 e. The Morgan fingerprint density at radius 2 is 1.10 bits per heavy atom. The fourth-order valence-electron chi connectivity index (χ4n) is 5.89.